The Hall–Kier alpha value is -2.18. The first-order chi connectivity index (χ1) is 14.5. The van der Waals surface area contributed by atoms with Crippen LogP contribution in [0, 0.1) is 12.3 Å². The fourth-order valence-corrected chi connectivity index (χ4v) is 4.66. The molecule has 0 saturated heterocycles. The number of aryl methyl sites for hydroxylation is 1. The number of rotatable bonds is 9. The summed E-state index contributed by atoms with van der Waals surface area (Å²) in [5, 5.41) is 0.216. The Morgan fingerprint density at radius 3 is 2.19 bits per heavy atom. The van der Waals surface area contributed by atoms with Crippen molar-refractivity contribution >= 4 is 36.0 Å². The number of methoxy groups -OCH3 is 2. The highest BCUT2D eigenvalue weighted by Gasteiger charge is 2.53. The van der Waals surface area contributed by atoms with E-state index in [4.69, 9.17) is 25.8 Å². The van der Waals surface area contributed by atoms with Crippen LogP contribution >= 0.6 is 24.2 Å². The highest BCUT2D eigenvalue weighted by Crippen LogP contribution is 2.46. The van der Waals surface area contributed by atoms with Crippen LogP contribution in [-0.2, 0) is 25.5 Å². The fraction of sp³-hybridized carbons (Fsp3) is 0.417. The van der Waals surface area contributed by atoms with Gasteiger partial charge >= 0.3 is 5.97 Å². The molecular formula is C24H29ClO5S. The van der Waals surface area contributed by atoms with Gasteiger partial charge in [-0.25, -0.2) is 4.79 Å². The summed E-state index contributed by atoms with van der Waals surface area (Å²) in [6.45, 7) is 7.17. The standard InChI is InChI=1S/C24H29ClO5S/c1-7-30-22(27)24(31,20-18(25)12-15(2)13-19(20)29-6)21(26)23(3,4)14-16-8-10-17(28-5)11-9-16/h8-13,31H,7,14H2,1-6H3. The average Bonchev–Trinajstić information content (AvgIpc) is 2.72. The Labute approximate surface area is 194 Å². The molecule has 5 nitrogen and oxygen atoms in total. The number of Topliss-reactive ketones (excluding diaryl/α,β-unsaturated/α-hetero) is 1. The van der Waals surface area contributed by atoms with Crippen LogP contribution in [0.1, 0.15) is 37.5 Å². The van der Waals surface area contributed by atoms with E-state index in [2.05, 4.69) is 12.6 Å². The molecule has 0 bridgehead atoms. The molecule has 1 unspecified atom stereocenters. The number of ether oxygens (including phenoxy) is 3. The third-order valence-corrected chi connectivity index (χ3v) is 6.01. The van der Waals surface area contributed by atoms with Crippen LogP contribution in [0.15, 0.2) is 36.4 Å². The number of halogens is 1. The van der Waals surface area contributed by atoms with Crippen molar-refractivity contribution in [2.45, 2.75) is 38.9 Å². The minimum atomic E-state index is -1.94. The number of esters is 1. The maximum absolute atomic E-state index is 13.9. The number of thiol groups is 1. The number of hydrogen-bond donors (Lipinski definition) is 1. The van der Waals surface area contributed by atoms with Gasteiger partial charge in [0.1, 0.15) is 11.5 Å². The molecule has 0 amide bonds. The predicted molar refractivity (Wildman–Crippen MR) is 126 cm³/mol. The highest BCUT2D eigenvalue weighted by molar-refractivity contribution is 7.83. The minimum Gasteiger partial charge on any atom is -0.497 e. The van der Waals surface area contributed by atoms with Crippen molar-refractivity contribution in [2.75, 3.05) is 20.8 Å². The molecule has 2 aromatic rings. The van der Waals surface area contributed by atoms with Crippen LogP contribution in [0.4, 0.5) is 0 Å². The highest BCUT2D eigenvalue weighted by atomic mass is 35.5. The van der Waals surface area contributed by atoms with Gasteiger partial charge in [0.15, 0.2) is 10.5 Å². The van der Waals surface area contributed by atoms with Crippen molar-refractivity contribution in [2.24, 2.45) is 5.41 Å². The molecule has 0 aliphatic heterocycles. The second-order valence-corrected chi connectivity index (χ2v) is 9.07. The molecule has 1 atom stereocenters. The van der Waals surface area contributed by atoms with Crippen LogP contribution < -0.4 is 9.47 Å². The number of ketones is 1. The zero-order valence-corrected chi connectivity index (χ0v) is 20.4. The Morgan fingerprint density at radius 1 is 1.06 bits per heavy atom. The van der Waals surface area contributed by atoms with Crippen LogP contribution in [0.2, 0.25) is 5.02 Å². The quantitative estimate of drug-likeness (QED) is 0.314. The normalized spacial score (nSPS) is 13.3. The Bertz CT molecular complexity index is 955. The van der Waals surface area contributed by atoms with Crippen LogP contribution in [0.5, 0.6) is 11.5 Å². The molecule has 31 heavy (non-hydrogen) atoms. The van der Waals surface area contributed by atoms with Gasteiger partial charge in [0.25, 0.3) is 0 Å². The lowest BCUT2D eigenvalue weighted by molar-refractivity contribution is -0.152. The molecule has 168 valence electrons. The first kappa shape index (κ1) is 25.1. The molecule has 7 heteroatoms. The Morgan fingerprint density at radius 2 is 1.68 bits per heavy atom. The lowest BCUT2D eigenvalue weighted by Crippen LogP contribution is -2.48. The maximum Gasteiger partial charge on any atom is 0.334 e. The maximum atomic E-state index is 13.9. The van der Waals surface area contributed by atoms with Crippen molar-refractivity contribution in [3.05, 3.63) is 58.1 Å². The molecule has 0 aromatic heterocycles. The zero-order chi connectivity index (χ0) is 23.4. The summed E-state index contributed by atoms with van der Waals surface area (Å²) in [6, 6.07) is 10.8. The van der Waals surface area contributed by atoms with Crippen molar-refractivity contribution < 1.29 is 23.8 Å². The van der Waals surface area contributed by atoms with E-state index in [-0.39, 0.29) is 17.2 Å². The van der Waals surface area contributed by atoms with Crippen LogP contribution in [0.25, 0.3) is 0 Å². The topological polar surface area (TPSA) is 61.8 Å². The van der Waals surface area contributed by atoms with E-state index >= 15 is 0 Å². The van der Waals surface area contributed by atoms with E-state index in [1.807, 2.05) is 31.2 Å². The van der Waals surface area contributed by atoms with Crippen molar-refractivity contribution in [3.8, 4) is 11.5 Å². The molecule has 0 radical (unpaired) electrons. The van der Waals surface area contributed by atoms with E-state index in [9.17, 15) is 9.59 Å². The molecule has 0 saturated carbocycles. The number of carbonyl (C=O) groups is 2. The third kappa shape index (κ3) is 5.18. The number of benzene rings is 2. The van der Waals surface area contributed by atoms with Gasteiger partial charge in [-0.05, 0) is 55.7 Å². The zero-order valence-electron chi connectivity index (χ0n) is 18.7. The van der Waals surface area contributed by atoms with Gasteiger partial charge in [-0.15, -0.1) is 12.6 Å². The van der Waals surface area contributed by atoms with Gasteiger partial charge in [0.2, 0.25) is 0 Å². The second-order valence-electron chi connectivity index (χ2n) is 7.99. The first-order valence-electron chi connectivity index (χ1n) is 9.93. The summed E-state index contributed by atoms with van der Waals surface area (Å²) in [7, 11) is 3.05. The largest absolute Gasteiger partial charge is 0.497 e. The molecular weight excluding hydrogens is 436 g/mol. The van der Waals surface area contributed by atoms with Gasteiger partial charge < -0.3 is 14.2 Å². The third-order valence-electron chi connectivity index (χ3n) is 5.10. The van der Waals surface area contributed by atoms with E-state index in [1.54, 1.807) is 40.0 Å². The summed E-state index contributed by atoms with van der Waals surface area (Å²) in [4.78, 5) is 27.1. The van der Waals surface area contributed by atoms with Crippen molar-refractivity contribution in [3.63, 3.8) is 0 Å². The minimum absolute atomic E-state index is 0.0964. The molecule has 0 aliphatic carbocycles. The fourth-order valence-electron chi connectivity index (χ4n) is 3.59. The number of carbonyl (C=O) groups excluding carboxylic acids is 2. The van der Waals surface area contributed by atoms with E-state index in [0.29, 0.717) is 12.2 Å². The molecule has 2 rings (SSSR count). The van der Waals surface area contributed by atoms with E-state index in [0.717, 1.165) is 16.9 Å². The summed E-state index contributed by atoms with van der Waals surface area (Å²) in [6.07, 6.45) is 0.378. The molecule has 0 N–H and O–H groups in total. The van der Waals surface area contributed by atoms with Crippen molar-refractivity contribution in [1.82, 2.24) is 0 Å². The Kier molecular flexibility index (Phi) is 8.06. The average molecular weight is 465 g/mol. The molecule has 2 aromatic carbocycles. The smallest absolute Gasteiger partial charge is 0.334 e. The second kappa shape index (κ2) is 9.96. The first-order valence-corrected chi connectivity index (χ1v) is 10.8. The van der Waals surface area contributed by atoms with Crippen LogP contribution in [-0.4, -0.2) is 32.6 Å². The summed E-state index contributed by atoms with van der Waals surface area (Å²) in [5.41, 5.74) is 0.968. The summed E-state index contributed by atoms with van der Waals surface area (Å²) >= 11 is 11.2. The Balaban J connectivity index is 2.59. The molecule has 0 heterocycles. The summed E-state index contributed by atoms with van der Waals surface area (Å²) in [5.74, 6) is -0.183. The predicted octanol–water partition coefficient (Wildman–Crippen LogP) is 5.19. The molecule has 0 aliphatic rings. The van der Waals surface area contributed by atoms with E-state index in [1.165, 1.54) is 7.11 Å². The van der Waals surface area contributed by atoms with Gasteiger partial charge in [0, 0.05) is 11.0 Å². The van der Waals surface area contributed by atoms with E-state index < -0.39 is 21.9 Å². The summed E-state index contributed by atoms with van der Waals surface area (Å²) < 4.78 is 14.0. The SMILES string of the molecule is CCOC(=O)C(S)(C(=O)C(C)(C)Cc1ccc(OC)cc1)c1c(Cl)cc(C)cc1OC. The lowest BCUT2D eigenvalue weighted by atomic mass is 9.74. The monoisotopic (exact) mass is 464 g/mol. The van der Waals surface area contributed by atoms with Crippen molar-refractivity contribution in [1.29, 1.82) is 0 Å². The van der Waals surface area contributed by atoms with Crippen LogP contribution in [0.3, 0.4) is 0 Å². The van der Waals surface area contributed by atoms with Gasteiger partial charge in [-0.1, -0.05) is 37.6 Å². The van der Waals surface area contributed by atoms with Gasteiger partial charge in [-0.3, -0.25) is 4.79 Å². The van der Waals surface area contributed by atoms with Gasteiger partial charge in [0.05, 0.1) is 25.8 Å². The number of hydrogen-bond acceptors (Lipinski definition) is 6. The van der Waals surface area contributed by atoms with Gasteiger partial charge in [-0.2, -0.15) is 0 Å². The lowest BCUT2D eigenvalue weighted by Gasteiger charge is -2.35. The molecule has 0 spiro atoms. The molecule has 0 fully saturated rings.